The van der Waals surface area contributed by atoms with Crippen LogP contribution in [0.25, 0.3) is 0 Å². The van der Waals surface area contributed by atoms with Gasteiger partial charge in [0.05, 0.1) is 17.0 Å². The van der Waals surface area contributed by atoms with E-state index in [2.05, 4.69) is 10.0 Å². The number of anilines is 3. The molecular formula is C17H16ClN3O4S. The summed E-state index contributed by atoms with van der Waals surface area (Å²) in [6, 6.07) is 11.2. The largest absolute Gasteiger partial charge is 0.322 e. The van der Waals surface area contributed by atoms with Gasteiger partial charge in [-0.25, -0.2) is 8.42 Å². The van der Waals surface area contributed by atoms with Crippen LogP contribution < -0.4 is 14.9 Å². The fraction of sp³-hybridized carbons (Fsp3) is 0.176. The number of hydrogen-bond donors (Lipinski definition) is 2. The maximum atomic E-state index is 12.4. The van der Waals surface area contributed by atoms with Crippen LogP contribution in [0.3, 0.4) is 0 Å². The summed E-state index contributed by atoms with van der Waals surface area (Å²) in [6.07, 6.45) is 1.55. The number of rotatable bonds is 5. The number of carbonyl (C=O) groups is 2. The molecule has 0 bridgehead atoms. The van der Waals surface area contributed by atoms with Gasteiger partial charge in [0, 0.05) is 29.9 Å². The Balaban J connectivity index is 1.73. The molecule has 0 aromatic heterocycles. The highest BCUT2D eigenvalue weighted by Gasteiger charge is 2.24. The van der Waals surface area contributed by atoms with Crippen LogP contribution in [0.2, 0.25) is 5.02 Å². The van der Waals surface area contributed by atoms with E-state index in [1.165, 1.54) is 18.2 Å². The number of nitrogens with zero attached hydrogens (tertiary/aromatic N) is 1. The monoisotopic (exact) mass is 393 g/mol. The second-order valence-electron chi connectivity index (χ2n) is 5.87. The van der Waals surface area contributed by atoms with Gasteiger partial charge in [0.2, 0.25) is 15.9 Å². The van der Waals surface area contributed by atoms with Crippen molar-refractivity contribution in [2.75, 3.05) is 27.7 Å². The molecule has 0 unspecified atom stereocenters. The molecule has 3 rings (SSSR count). The van der Waals surface area contributed by atoms with Crippen molar-refractivity contribution in [1.82, 2.24) is 0 Å². The summed E-state index contributed by atoms with van der Waals surface area (Å²) >= 11 is 5.95. The number of sulfonamides is 1. The van der Waals surface area contributed by atoms with Gasteiger partial charge in [-0.3, -0.25) is 14.3 Å². The highest BCUT2D eigenvalue weighted by molar-refractivity contribution is 7.92. The van der Waals surface area contributed by atoms with E-state index >= 15 is 0 Å². The molecule has 0 aliphatic carbocycles. The molecule has 136 valence electrons. The Kier molecular flexibility index (Phi) is 4.88. The smallest absolute Gasteiger partial charge is 0.255 e. The lowest BCUT2D eigenvalue weighted by atomic mass is 10.1. The maximum absolute atomic E-state index is 12.4. The van der Waals surface area contributed by atoms with Gasteiger partial charge in [0.1, 0.15) is 0 Å². The third-order valence-electron chi connectivity index (χ3n) is 3.81. The molecule has 1 heterocycles. The summed E-state index contributed by atoms with van der Waals surface area (Å²) in [6.45, 7) is 0.700. The van der Waals surface area contributed by atoms with E-state index in [-0.39, 0.29) is 22.2 Å². The summed E-state index contributed by atoms with van der Waals surface area (Å²) < 4.78 is 25.0. The highest BCUT2D eigenvalue weighted by Crippen LogP contribution is 2.26. The van der Waals surface area contributed by atoms with Crippen molar-refractivity contribution in [3.63, 3.8) is 0 Å². The van der Waals surface area contributed by atoms with Crippen LogP contribution >= 0.6 is 11.6 Å². The number of halogens is 1. The Morgan fingerprint density at radius 3 is 2.38 bits per heavy atom. The molecule has 1 saturated heterocycles. The molecule has 7 nitrogen and oxygen atoms in total. The van der Waals surface area contributed by atoms with Crippen molar-refractivity contribution >= 4 is 50.5 Å². The van der Waals surface area contributed by atoms with E-state index in [0.29, 0.717) is 18.7 Å². The van der Waals surface area contributed by atoms with Crippen LogP contribution in [0.4, 0.5) is 17.1 Å². The second-order valence-corrected chi connectivity index (χ2v) is 8.02. The average molecular weight is 394 g/mol. The van der Waals surface area contributed by atoms with Gasteiger partial charge in [0.25, 0.3) is 5.91 Å². The molecule has 0 spiro atoms. The maximum Gasteiger partial charge on any atom is 0.255 e. The van der Waals surface area contributed by atoms with Crippen LogP contribution in [-0.2, 0) is 14.8 Å². The Morgan fingerprint density at radius 1 is 1.15 bits per heavy atom. The van der Waals surface area contributed by atoms with Crippen molar-refractivity contribution in [2.45, 2.75) is 6.42 Å². The molecule has 2 amide bonds. The molecule has 1 aliphatic rings. The number of amides is 2. The van der Waals surface area contributed by atoms with Gasteiger partial charge in [-0.05, 0) is 42.5 Å². The zero-order valence-corrected chi connectivity index (χ0v) is 15.4. The Hall–Kier alpha value is -2.58. The predicted octanol–water partition coefficient (Wildman–Crippen LogP) is 2.70. The molecule has 0 radical (unpaired) electrons. The van der Waals surface area contributed by atoms with Gasteiger partial charge in [-0.1, -0.05) is 11.6 Å². The molecule has 26 heavy (non-hydrogen) atoms. The molecular weight excluding hydrogens is 378 g/mol. The molecule has 2 aromatic carbocycles. The van der Waals surface area contributed by atoms with E-state index in [4.69, 9.17) is 11.6 Å². The number of β-lactam (4-membered cyclic amide) rings is 1. The van der Waals surface area contributed by atoms with Crippen molar-refractivity contribution in [3.05, 3.63) is 53.1 Å². The molecule has 1 aliphatic heterocycles. The topological polar surface area (TPSA) is 95.6 Å². The molecule has 2 N–H and O–H groups in total. The predicted molar refractivity (Wildman–Crippen MR) is 101 cm³/mol. The fourth-order valence-corrected chi connectivity index (χ4v) is 3.25. The molecule has 1 fully saturated rings. The Labute approximate surface area is 156 Å². The quantitative estimate of drug-likeness (QED) is 0.763. The van der Waals surface area contributed by atoms with E-state index in [1.807, 2.05) is 0 Å². The van der Waals surface area contributed by atoms with Crippen molar-refractivity contribution < 1.29 is 18.0 Å². The fourth-order valence-electron chi connectivity index (χ4n) is 2.46. The molecule has 9 heteroatoms. The van der Waals surface area contributed by atoms with Gasteiger partial charge >= 0.3 is 0 Å². The number of hydrogen-bond acceptors (Lipinski definition) is 4. The van der Waals surface area contributed by atoms with Crippen molar-refractivity contribution in [1.29, 1.82) is 0 Å². The molecule has 0 atom stereocenters. The normalized spacial score (nSPS) is 13.9. The van der Waals surface area contributed by atoms with Crippen LogP contribution in [0.15, 0.2) is 42.5 Å². The number of carbonyl (C=O) groups excluding carboxylic acids is 2. The van der Waals surface area contributed by atoms with Crippen LogP contribution in [-0.4, -0.2) is 33.0 Å². The lowest BCUT2D eigenvalue weighted by Gasteiger charge is -2.30. The van der Waals surface area contributed by atoms with Gasteiger partial charge in [-0.2, -0.15) is 0 Å². The minimum atomic E-state index is -3.51. The molecule has 2 aromatic rings. The van der Waals surface area contributed by atoms with E-state index in [9.17, 15) is 18.0 Å². The van der Waals surface area contributed by atoms with Crippen LogP contribution in [0.1, 0.15) is 16.8 Å². The first-order chi connectivity index (χ1) is 12.2. The Bertz CT molecular complexity index is 974. The van der Waals surface area contributed by atoms with Crippen molar-refractivity contribution in [2.24, 2.45) is 0 Å². The first-order valence-corrected chi connectivity index (χ1v) is 9.99. The lowest BCUT2D eigenvalue weighted by molar-refractivity contribution is -0.122. The summed E-state index contributed by atoms with van der Waals surface area (Å²) in [5, 5.41) is 2.91. The SMILES string of the molecule is CS(=O)(=O)Nc1cc(C(=O)Nc2ccc(N3CCC3=O)cc2)ccc1Cl. The summed E-state index contributed by atoms with van der Waals surface area (Å²) in [4.78, 5) is 25.5. The summed E-state index contributed by atoms with van der Waals surface area (Å²) in [5.41, 5.74) is 1.72. The summed E-state index contributed by atoms with van der Waals surface area (Å²) in [7, 11) is -3.51. The first-order valence-electron chi connectivity index (χ1n) is 7.72. The summed E-state index contributed by atoms with van der Waals surface area (Å²) in [5.74, 6) is -0.333. The zero-order valence-electron chi connectivity index (χ0n) is 13.8. The van der Waals surface area contributed by atoms with E-state index < -0.39 is 15.9 Å². The minimum absolute atomic E-state index is 0.0776. The lowest BCUT2D eigenvalue weighted by Crippen LogP contribution is -2.43. The van der Waals surface area contributed by atoms with Gasteiger partial charge in [-0.15, -0.1) is 0 Å². The van der Waals surface area contributed by atoms with Crippen LogP contribution in [0, 0.1) is 0 Å². The van der Waals surface area contributed by atoms with E-state index in [0.717, 1.165) is 11.9 Å². The van der Waals surface area contributed by atoms with Crippen LogP contribution in [0.5, 0.6) is 0 Å². The third-order valence-corrected chi connectivity index (χ3v) is 4.73. The standard InChI is InChI=1S/C17H16ClN3O4S/c1-26(24,25)20-15-10-11(2-7-14(15)18)17(23)19-12-3-5-13(6-4-12)21-9-8-16(21)22/h2-7,10,20H,8-9H2,1H3,(H,19,23). The minimum Gasteiger partial charge on any atom is -0.322 e. The number of nitrogens with one attached hydrogen (secondary N) is 2. The second kappa shape index (κ2) is 6.97. The van der Waals surface area contributed by atoms with Gasteiger partial charge in [0.15, 0.2) is 0 Å². The highest BCUT2D eigenvalue weighted by atomic mass is 35.5. The zero-order chi connectivity index (χ0) is 18.9. The average Bonchev–Trinajstić information content (AvgIpc) is 2.56. The first kappa shape index (κ1) is 18.2. The van der Waals surface area contributed by atoms with Gasteiger partial charge < -0.3 is 10.2 Å². The molecule has 0 saturated carbocycles. The van der Waals surface area contributed by atoms with E-state index in [1.54, 1.807) is 29.2 Å². The Morgan fingerprint density at radius 2 is 1.85 bits per heavy atom. The third kappa shape index (κ3) is 4.14. The number of benzene rings is 2. The van der Waals surface area contributed by atoms with Crippen molar-refractivity contribution in [3.8, 4) is 0 Å².